The molecule has 28 heavy (non-hydrogen) atoms. The van der Waals surface area contributed by atoms with Gasteiger partial charge in [0.1, 0.15) is 11.4 Å². The molecule has 1 aliphatic rings. The number of benzene rings is 1. The van der Waals surface area contributed by atoms with Crippen molar-refractivity contribution in [2.75, 3.05) is 26.7 Å². The van der Waals surface area contributed by atoms with Crippen LogP contribution in [0.4, 0.5) is 0 Å². The molecular formula is C23H26N4O. The van der Waals surface area contributed by atoms with Gasteiger partial charge in [-0.05, 0) is 63.2 Å². The predicted octanol–water partition coefficient (Wildman–Crippen LogP) is 4.52. The first-order chi connectivity index (χ1) is 13.5. The lowest BCUT2D eigenvalue weighted by molar-refractivity contribution is 0.0811. The second-order valence-corrected chi connectivity index (χ2v) is 8.28. The summed E-state index contributed by atoms with van der Waals surface area (Å²) in [5.41, 5.74) is 4.81. The van der Waals surface area contributed by atoms with Crippen molar-refractivity contribution >= 4 is 11.0 Å². The van der Waals surface area contributed by atoms with E-state index in [0.717, 1.165) is 59.4 Å². The molecule has 2 aromatic heterocycles. The Morgan fingerprint density at radius 3 is 2.79 bits per heavy atom. The minimum Gasteiger partial charge on any atom is -0.492 e. The van der Waals surface area contributed by atoms with Crippen molar-refractivity contribution < 1.29 is 4.74 Å². The van der Waals surface area contributed by atoms with Crippen LogP contribution in [0.2, 0.25) is 0 Å². The molecule has 1 saturated heterocycles. The average Bonchev–Trinajstić information content (AvgIpc) is 3.14. The molecule has 5 nitrogen and oxygen atoms in total. The fourth-order valence-corrected chi connectivity index (χ4v) is 3.89. The normalized spacial score (nSPS) is 16.8. The summed E-state index contributed by atoms with van der Waals surface area (Å²) in [4.78, 5) is 10.1. The van der Waals surface area contributed by atoms with E-state index < -0.39 is 0 Å². The van der Waals surface area contributed by atoms with Gasteiger partial charge in [-0.3, -0.25) is 0 Å². The Balaban J connectivity index is 1.66. The number of nitriles is 1. The highest BCUT2D eigenvalue weighted by molar-refractivity contribution is 5.98. The van der Waals surface area contributed by atoms with Gasteiger partial charge < -0.3 is 14.6 Å². The summed E-state index contributed by atoms with van der Waals surface area (Å²) in [5.74, 6) is 0.864. The highest BCUT2D eigenvalue weighted by Crippen LogP contribution is 2.37. The number of fused-ring (bicyclic) bond motifs is 1. The number of ether oxygens (including phenoxy) is 1. The van der Waals surface area contributed by atoms with E-state index in [1.54, 1.807) is 6.20 Å². The van der Waals surface area contributed by atoms with Crippen molar-refractivity contribution in [3.8, 4) is 22.9 Å². The maximum atomic E-state index is 9.20. The molecule has 0 spiro atoms. The van der Waals surface area contributed by atoms with Crippen molar-refractivity contribution in [2.24, 2.45) is 5.41 Å². The topological polar surface area (TPSA) is 64.9 Å². The van der Waals surface area contributed by atoms with Crippen LogP contribution >= 0.6 is 0 Å². The number of nitrogens with zero attached hydrogens (tertiary/aromatic N) is 3. The molecule has 0 saturated carbocycles. The number of nitrogens with one attached hydrogen (secondary N) is 1. The molecule has 0 radical (unpaired) electrons. The van der Waals surface area contributed by atoms with E-state index in [1.165, 1.54) is 0 Å². The first-order valence-corrected chi connectivity index (χ1v) is 9.78. The molecule has 0 amide bonds. The first kappa shape index (κ1) is 18.5. The number of piperidine rings is 1. The van der Waals surface area contributed by atoms with Gasteiger partial charge in [-0.25, -0.2) is 4.98 Å². The van der Waals surface area contributed by atoms with Gasteiger partial charge in [0.25, 0.3) is 0 Å². The monoisotopic (exact) mass is 374 g/mol. The van der Waals surface area contributed by atoms with E-state index in [1.807, 2.05) is 31.3 Å². The van der Waals surface area contributed by atoms with Crippen molar-refractivity contribution in [1.29, 1.82) is 5.26 Å². The van der Waals surface area contributed by atoms with E-state index >= 15 is 0 Å². The largest absolute Gasteiger partial charge is 0.492 e. The van der Waals surface area contributed by atoms with Gasteiger partial charge in [0, 0.05) is 23.4 Å². The number of aromatic nitrogens is 2. The average molecular weight is 374 g/mol. The molecule has 3 heterocycles. The van der Waals surface area contributed by atoms with Crippen LogP contribution < -0.4 is 4.74 Å². The van der Waals surface area contributed by atoms with Gasteiger partial charge in [-0.2, -0.15) is 5.26 Å². The minimum atomic E-state index is 0.198. The fourth-order valence-electron chi connectivity index (χ4n) is 3.89. The lowest BCUT2D eigenvalue weighted by Gasteiger charge is -2.37. The SMILES string of the molecule is Cc1cc(-c2c[nH]c3nccc(OCC4(C)CCN(C)CC4)c23)ccc1C#N. The molecule has 1 N–H and O–H groups in total. The number of hydrogen-bond donors (Lipinski definition) is 1. The highest BCUT2D eigenvalue weighted by atomic mass is 16.5. The van der Waals surface area contributed by atoms with E-state index in [9.17, 15) is 5.26 Å². The number of likely N-dealkylation sites (tertiary alicyclic amines) is 1. The number of aromatic amines is 1. The summed E-state index contributed by atoms with van der Waals surface area (Å²) in [6.45, 7) is 7.22. The van der Waals surface area contributed by atoms with Crippen LogP contribution in [-0.4, -0.2) is 41.6 Å². The number of pyridine rings is 1. The van der Waals surface area contributed by atoms with Gasteiger partial charge in [-0.1, -0.05) is 19.1 Å². The van der Waals surface area contributed by atoms with Crippen LogP contribution in [0.3, 0.4) is 0 Å². The van der Waals surface area contributed by atoms with Crippen LogP contribution in [0.15, 0.2) is 36.7 Å². The van der Waals surface area contributed by atoms with Crippen LogP contribution in [-0.2, 0) is 0 Å². The zero-order valence-corrected chi connectivity index (χ0v) is 16.7. The minimum absolute atomic E-state index is 0.198. The summed E-state index contributed by atoms with van der Waals surface area (Å²) in [6.07, 6.45) is 6.06. The molecule has 4 rings (SSSR count). The fraction of sp³-hybridized carbons (Fsp3) is 0.391. The second kappa shape index (κ2) is 7.29. The maximum absolute atomic E-state index is 9.20. The third kappa shape index (κ3) is 3.48. The van der Waals surface area contributed by atoms with E-state index in [-0.39, 0.29) is 5.41 Å². The van der Waals surface area contributed by atoms with Gasteiger partial charge in [0.2, 0.25) is 0 Å². The molecule has 1 fully saturated rings. The Kier molecular flexibility index (Phi) is 4.82. The van der Waals surface area contributed by atoms with Gasteiger partial charge in [-0.15, -0.1) is 0 Å². The summed E-state index contributed by atoms with van der Waals surface area (Å²) >= 11 is 0. The Labute approximate surface area is 166 Å². The molecule has 5 heteroatoms. The highest BCUT2D eigenvalue weighted by Gasteiger charge is 2.30. The molecular weight excluding hydrogens is 348 g/mol. The van der Waals surface area contributed by atoms with Crippen LogP contribution in [0.1, 0.15) is 30.9 Å². The lowest BCUT2D eigenvalue weighted by atomic mass is 9.81. The molecule has 0 unspecified atom stereocenters. The van der Waals surface area contributed by atoms with Gasteiger partial charge >= 0.3 is 0 Å². The Hall–Kier alpha value is -2.84. The third-order valence-corrected chi connectivity index (χ3v) is 5.96. The summed E-state index contributed by atoms with van der Waals surface area (Å²) < 4.78 is 6.36. The molecule has 1 aliphatic heterocycles. The number of rotatable bonds is 4. The van der Waals surface area contributed by atoms with E-state index in [0.29, 0.717) is 12.2 Å². The van der Waals surface area contributed by atoms with Crippen molar-refractivity contribution in [3.63, 3.8) is 0 Å². The molecule has 3 aromatic rings. The quantitative estimate of drug-likeness (QED) is 0.729. The summed E-state index contributed by atoms with van der Waals surface area (Å²) in [7, 11) is 2.18. The number of aryl methyl sites for hydroxylation is 1. The third-order valence-electron chi connectivity index (χ3n) is 5.96. The van der Waals surface area contributed by atoms with Crippen LogP contribution in [0.5, 0.6) is 5.75 Å². The lowest BCUT2D eigenvalue weighted by Crippen LogP contribution is -2.39. The number of hydrogen-bond acceptors (Lipinski definition) is 4. The van der Waals surface area contributed by atoms with Crippen molar-refractivity contribution in [1.82, 2.24) is 14.9 Å². The smallest absolute Gasteiger partial charge is 0.141 e. The van der Waals surface area contributed by atoms with E-state index in [4.69, 9.17) is 4.74 Å². The predicted molar refractivity (Wildman–Crippen MR) is 111 cm³/mol. The number of H-pyrrole nitrogens is 1. The van der Waals surface area contributed by atoms with Crippen LogP contribution in [0.25, 0.3) is 22.2 Å². The Bertz CT molecular complexity index is 1040. The first-order valence-electron chi connectivity index (χ1n) is 9.78. The van der Waals surface area contributed by atoms with Gasteiger partial charge in [0.05, 0.1) is 23.6 Å². The Morgan fingerprint density at radius 2 is 2.07 bits per heavy atom. The van der Waals surface area contributed by atoms with Crippen molar-refractivity contribution in [3.05, 3.63) is 47.8 Å². The Morgan fingerprint density at radius 1 is 1.29 bits per heavy atom. The van der Waals surface area contributed by atoms with E-state index in [2.05, 4.69) is 41.0 Å². The zero-order chi connectivity index (χ0) is 19.7. The second-order valence-electron chi connectivity index (χ2n) is 8.28. The molecule has 0 atom stereocenters. The molecule has 144 valence electrons. The van der Waals surface area contributed by atoms with Gasteiger partial charge in [0.15, 0.2) is 0 Å². The van der Waals surface area contributed by atoms with Crippen molar-refractivity contribution in [2.45, 2.75) is 26.7 Å². The maximum Gasteiger partial charge on any atom is 0.141 e. The molecule has 0 bridgehead atoms. The van der Waals surface area contributed by atoms with Crippen LogP contribution in [0, 0.1) is 23.7 Å². The summed E-state index contributed by atoms with van der Waals surface area (Å²) in [5, 5.41) is 10.2. The standard InChI is InChI=1S/C23H26N4O/c1-16-12-17(4-5-18(16)13-24)19-14-26-22-21(19)20(6-9-25-22)28-15-23(2)7-10-27(3)11-8-23/h4-6,9,12,14H,7-8,10-11,15H2,1-3H3,(H,25,26). The molecule has 1 aromatic carbocycles. The summed E-state index contributed by atoms with van der Waals surface area (Å²) in [6, 6.07) is 10.1. The zero-order valence-electron chi connectivity index (χ0n) is 16.7. The molecule has 0 aliphatic carbocycles.